The molecule has 0 aliphatic heterocycles. The number of hydrogen-bond donors (Lipinski definition) is 2. The third kappa shape index (κ3) is 10.8. The number of halogens is 3. The van der Waals surface area contributed by atoms with E-state index in [1.165, 1.54) is 0 Å². The molecule has 0 heterocycles. The van der Waals surface area contributed by atoms with Crippen molar-refractivity contribution in [2.24, 2.45) is 0 Å². The molecule has 0 aliphatic rings. The van der Waals surface area contributed by atoms with E-state index in [-0.39, 0.29) is 11.9 Å². The lowest BCUT2D eigenvalue weighted by molar-refractivity contribution is -0.0331. The second kappa shape index (κ2) is 6.33. The second-order valence-corrected chi connectivity index (χ2v) is 4.03. The summed E-state index contributed by atoms with van der Waals surface area (Å²) in [5, 5.41) is 0. The van der Waals surface area contributed by atoms with Crippen molar-refractivity contribution in [1.82, 2.24) is 4.13 Å². The molecular weight excluding hydrogens is 215 g/mol. The van der Waals surface area contributed by atoms with E-state index in [2.05, 4.69) is 16.8 Å². The fourth-order valence-electron chi connectivity index (χ4n) is 0.255. The van der Waals surface area contributed by atoms with Crippen LogP contribution in [-0.2, 0) is 0 Å². The van der Waals surface area contributed by atoms with Gasteiger partial charge in [-0.2, -0.15) is 25.8 Å². The van der Waals surface area contributed by atoms with Crippen LogP contribution in [0.15, 0.2) is 0 Å². The molecule has 68 valence electrons. The second-order valence-electron chi connectivity index (χ2n) is 1.56. The molecule has 0 unspecified atom stereocenters. The van der Waals surface area contributed by atoms with Crippen LogP contribution in [0.2, 0.25) is 0 Å². The summed E-state index contributed by atoms with van der Waals surface area (Å²) in [6.07, 6.45) is 0.805. The van der Waals surface area contributed by atoms with Crippen LogP contribution in [0.3, 0.4) is 0 Å². The third-order valence-corrected chi connectivity index (χ3v) is 2.47. The van der Waals surface area contributed by atoms with Gasteiger partial charge in [0.2, 0.25) is 0 Å². The van der Waals surface area contributed by atoms with E-state index in [4.69, 9.17) is 0 Å². The first-order valence-corrected chi connectivity index (χ1v) is 5.22. The van der Waals surface area contributed by atoms with Gasteiger partial charge < -0.3 is 0 Å². The minimum atomic E-state index is -4.19. The zero-order valence-electron chi connectivity index (χ0n) is 5.52. The molecule has 0 rings (SSSR count). The average molecular weight is 223 g/mol. The number of hydrogen-bond acceptors (Lipinski definition) is 4. The van der Waals surface area contributed by atoms with Gasteiger partial charge in [0.1, 0.15) is 0 Å². The Morgan fingerprint density at radius 1 is 1.36 bits per heavy atom. The van der Waals surface area contributed by atoms with E-state index >= 15 is 0 Å². The Morgan fingerprint density at radius 3 is 2.45 bits per heavy atom. The van der Waals surface area contributed by atoms with Crippen LogP contribution in [0.25, 0.3) is 0 Å². The van der Waals surface area contributed by atoms with Crippen molar-refractivity contribution in [1.29, 1.82) is 0 Å². The van der Waals surface area contributed by atoms with Crippen LogP contribution < -0.4 is 4.13 Å². The highest BCUT2D eigenvalue weighted by molar-refractivity contribution is 8.13. The first-order valence-electron chi connectivity index (χ1n) is 2.78. The largest absolute Gasteiger partial charge is 0.456 e. The lowest BCUT2D eigenvalue weighted by Crippen LogP contribution is -2.07. The van der Waals surface area contributed by atoms with Crippen molar-refractivity contribution < 1.29 is 13.2 Å². The minimum absolute atomic E-state index is 0.228. The summed E-state index contributed by atoms with van der Waals surface area (Å²) < 4.78 is 36.4. The van der Waals surface area contributed by atoms with Crippen LogP contribution in [0.5, 0.6) is 0 Å². The van der Waals surface area contributed by atoms with Crippen molar-refractivity contribution in [3.05, 3.63) is 0 Å². The van der Waals surface area contributed by atoms with Gasteiger partial charge in [-0.1, -0.05) is 11.9 Å². The zero-order valence-corrected chi connectivity index (χ0v) is 8.05. The Bertz CT molecular complexity index is 97.1. The SMILES string of the molecule is FC(F)(F)SNSCCCS. The van der Waals surface area contributed by atoms with Gasteiger partial charge in [-0.25, -0.2) is 4.13 Å². The molecule has 0 aliphatic carbocycles. The summed E-state index contributed by atoms with van der Waals surface area (Å²) in [6, 6.07) is 0. The zero-order chi connectivity index (χ0) is 8.74. The lowest BCUT2D eigenvalue weighted by Gasteiger charge is -2.04. The summed E-state index contributed by atoms with van der Waals surface area (Å²) in [5.74, 6) is 1.35. The highest BCUT2D eigenvalue weighted by atomic mass is 32.2. The summed E-state index contributed by atoms with van der Waals surface area (Å²) in [4.78, 5) is 0. The van der Waals surface area contributed by atoms with Gasteiger partial charge in [0, 0.05) is 17.7 Å². The van der Waals surface area contributed by atoms with E-state index < -0.39 is 5.51 Å². The maximum absolute atomic E-state index is 11.4. The standard InChI is InChI=1S/C4H8F3NS3/c5-4(6,7)11-8-10-3-1-2-9/h8-9H,1-3H2. The van der Waals surface area contributed by atoms with Gasteiger partial charge in [-0.05, 0) is 12.2 Å². The van der Waals surface area contributed by atoms with Crippen molar-refractivity contribution in [3.63, 3.8) is 0 Å². The molecule has 0 amide bonds. The summed E-state index contributed by atoms with van der Waals surface area (Å²) in [6.45, 7) is 0. The number of thiol groups is 1. The summed E-state index contributed by atoms with van der Waals surface area (Å²) in [5.41, 5.74) is -4.19. The Morgan fingerprint density at radius 2 is 2.00 bits per heavy atom. The molecular formula is C4H8F3NS3. The van der Waals surface area contributed by atoms with Crippen molar-refractivity contribution in [3.8, 4) is 0 Å². The van der Waals surface area contributed by atoms with E-state index in [1.807, 2.05) is 0 Å². The van der Waals surface area contributed by atoms with Gasteiger partial charge >= 0.3 is 5.51 Å². The normalized spacial score (nSPS) is 12.0. The maximum atomic E-state index is 11.4. The topological polar surface area (TPSA) is 12.0 Å². The molecule has 1 N–H and O–H groups in total. The average Bonchev–Trinajstić information content (AvgIpc) is 1.85. The van der Waals surface area contributed by atoms with E-state index in [0.29, 0.717) is 11.5 Å². The van der Waals surface area contributed by atoms with Crippen molar-refractivity contribution >= 4 is 36.5 Å². The number of alkyl halides is 3. The molecule has 0 aromatic heterocycles. The van der Waals surface area contributed by atoms with Gasteiger partial charge in [0.05, 0.1) is 0 Å². The van der Waals surface area contributed by atoms with Crippen LogP contribution in [0, 0.1) is 0 Å². The fourth-order valence-corrected chi connectivity index (χ4v) is 1.86. The molecule has 0 bridgehead atoms. The van der Waals surface area contributed by atoms with Gasteiger partial charge in [0.15, 0.2) is 0 Å². The first-order chi connectivity index (χ1) is 5.06. The molecule has 7 heteroatoms. The smallest absolute Gasteiger partial charge is 0.200 e. The van der Waals surface area contributed by atoms with Gasteiger partial charge in [-0.3, -0.25) is 0 Å². The van der Waals surface area contributed by atoms with E-state index in [1.54, 1.807) is 0 Å². The molecule has 0 aromatic carbocycles. The Labute approximate surface area is 77.6 Å². The van der Waals surface area contributed by atoms with Crippen LogP contribution in [-0.4, -0.2) is 17.0 Å². The molecule has 0 spiro atoms. The maximum Gasteiger partial charge on any atom is 0.456 e. The minimum Gasteiger partial charge on any atom is -0.200 e. The summed E-state index contributed by atoms with van der Waals surface area (Å²) >= 11 is 4.73. The van der Waals surface area contributed by atoms with Crippen molar-refractivity contribution in [2.45, 2.75) is 11.9 Å². The Hall–Kier alpha value is 0.800. The summed E-state index contributed by atoms with van der Waals surface area (Å²) in [7, 11) is 0. The molecule has 11 heavy (non-hydrogen) atoms. The van der Waals surface area contributed by atoms with Crippen LogP contribution >= 0.6 is 36.5 Å². The molecule has 0 radical (unpaired) electrons. The highest BCUT2D eigenvalue weighted by Crippen LogP contribution is 2.28. The van der Waals surface area contributed by atoms with Gasteiger partial charge in [-0.15, -0.1) is 0 Å². The quantitative estimate of drug-likeness (QED) is 0.422. The van der Waals surface area contributed by atoms with Crippen molar-refractivity contribution in [2.75, 3.05) is 11.5 Å². The monoisotopic (exact) mass is 223 g/mol. The van der Waals surface area contributed by atoms with Crippen LogP contribution in [0.1, 0.15) is 6.42 Å². The Kier molecular flexibility index (Phi) is 6.79. The first kappa shape index (κ1) is 11.8. The Balaban J connectivity index is 3.02. The molecule has 1 nitrogen and oxygen atoms in total. The lowest BCUT2D eigenvalue weighted by atomic mass is 10.6. The van der Waals surface area contributed by atoms with E-state index in [0.717, 1.165) is 18.4 Å². The molecule has 0 fully saturated rings. The van der Waals surface area contributed by atoms with Gasteiger partial charge in [0.25, 0.3) is 0 Å². The van der Waals surface area contributed by atoms with E-state index in [9.17, 15) is 13.2 Å². The fraction of sp³-hybridized carbons (Fsp3) is 1.00. The highest BCUT2D eigenvalue weighted by Gasteiger charge is 2.28. The predicted molar refractivity (Wildman–Crippen MR) is 47.7 cm³/mol. The molecule has 0 atom stereocenters. The number of rotatable bonds is 5. The molecule has 0 aromatic rings. The molecule has 0 saturated heterocycles. The third-order valence-electron chi connectivity index (χ3n) is 0.621. The predicted octanol–water partition coefficient (Wildman–Crippen LogP) is 2.71. The van der Waals surface area contributed by atoms with Crippen LogP contribution in [0.4, 0.5) is 13.2 Å². The molecule has 0 saturated carbocycles. The number of nitrogens with one attached hydrogen (secondary N) is 1.